The summed E-state index contributed by atoms with van der Waals surface area (Å²) in [6.45, 7) is 4.22. The van der Waals surface area contributed by atoms with Crippen molar-refractivity contribution in [3.63, 3.8) is 0 Å². The monoisotopic (exact) mass is 320 g/mol. The molecular formula is C16H24N4O3. The van der Waals surface area contributed by atoms with Crippen LogP contribution in [0.3, 0.4) is 0 Å². The molecule has 2 rings (SSSR count). The van der Waals surface area contributed by atoms with Crippen molar-refractivity contribution in [2.45, 2.75) is 38.7 Å². The van der Waals surface area contributed by atoms with Crippen LogP contribution in [0.4, 0.5) is 0 Å². The first-order valence-electron chi connectivity index (χ1n) is 8.14. The molecule has 7 heteroatoms. The van der Waals surface area contributed by atoms with Crippen molar-refractivity contribution >= 4 is 11.8 Å². The van der Waals surface area contributed by atoms with E-state index in [1.54, 1.807) is 4.90 Å². The molecule has 23 heavy (non-hydrogen) atoms. The van der Waals surface area contributed by atoms with Gasteiger partial charge in [-0.2, -0.15) is 0 Å². The zero-order valence-electron chi connectivity index (χ0n) is 13.5. The standard InChI is InChI=1S/C16H24N4O3/c1-2-6-19-15(21)5-9-20(12-13-4-3-10-23-13)16(22)14-11-17-7-8-18-14/h7-8,11,13H,2-6,9-10,12H2,1H3,(H,19,21). The Morgan fingerprint density at radius 3 is 2.96 bits per heavy atom. The van der Waals surface area contributed by atoms with Crippen LogP contribution in [0.15, 0.2) is 18.6 Å². The van der Waals surface area contributed by atoms with Crippen LogP contribution in [0.5, 0.6) is 0 Å². The SMILES string of the molecule is CCCNC(=O)CCN(CC1CCCO1)C(=O)c1cnccn1. The van der Waals surface area contributed by atoms with Gasteiger partial charge in [-0.05, 0) is 19.3 Å². The minimum absolute atomic E-state index is 0.0364. The summed E-state index contributed by atoms with van der Waals surface area (Å²) in [5, 5.41) is 2.82. The molecule has 1 aromatic rings. The zero-order chi connectivity index (χ0) is 16.5. The number of nitrogens with one attached hydrogen (secondary N) is 1. The van der Waals surface area contributed by atoms with E-state index >= 15 is 0 Å². The van der Waals surface area contributed by atoms with E-state index in [0.29, 0.717) is 25.3 Å². The zero-order valence-corrected chi connectivity index (χ0v) is 13.5. The molecule has 0 aromatic carbocycles. The van der Waals surface area contributed by atoms with Gasteiger partial charge >= 0.3 is 0 Å². The van der Waals surface area contributed by atoms with Crippen LogP contribution >= 0.6 is 0 Å². The van der Waals surface area contributed by atoms with Gasteiger partial charge in [0.05, 0.1) is 12.3 Å². The van der Waals surface area contributed by atoms with Gasteiger partial charge in [-0.15, -0.1) is 0 Å². The number of hydrogen-bond acceptors (Lipinski definition) is 5. The molecule has 1 unspecified atom stereocenters. The molecule has 1 atom stereocenters. The Morgan fingerprint density at radius 1 is 1.43 bits per heavy atom. The fourth-order valence-electron chi connectivity index (χ4n) is 2.47. The van der Waals surface area contributed by atoms with Crippen LogP contribution in [0.25, 0.3) is 0 Å². The Morgan fingerprint density at radius 2 is 2.30 bits per heavy atom. The van der Waals surface area contributed by atoms with Crippen LogP contribution in [0.1, 0.15) is 43.1 Å². The molecule has 7 nitrogen and oxygen atoms in total. The normalized spacial score (nSPS) is 17.0. The molecule has 1 aromatic heterocycles. The molecular weight excluding hydrogens is 296 g/mol. The van der Waals surface area contributed by atoms with E-state index in [9.17, 15) is 9.59 Å². The van der Waals surface area contributed by atoms with Gasteiger partial charge in [-0.3, -0.25) is 14.6 Å². The van der Waals surface area contributed by atoms with Crippen molar-refractivity contribution in [3.8, 4) is 0 Å². The molecule has 0 bridgehead atoms. The predicted molar refractivity (Wildman–Crippen MR) is 84.8 cm³/mol. The van der Waals surface area contributed by atoms with E-state index in [1.165, 1.54) is 18.6 Å². The molecule has 1 aliphatic heterocycles. The van der Waals surface area contributed by atoms with Crippen molar-refractivity contribution < 1.29 is 14.3 Å². The third-order valence-corrected chi connectivity index (χ3v) is 3.70. The van der Waals surface area contributed by atoms with Crippen LogP contribution in [-0.4, -0.2) is 59.0 Å². The summed E-state index contributed by atoms with van der Waals surface area (Å²) < 4.78 is 5.61. The number of amides is 2. The van der Waals surface area contributed by atoms with Crippen molar-refractivity contribution in [3.05, 3.63) is 24.3 Å². The molecule has 2 heterocycles. The molecule has 1 N–H and O–H groups in total. The third-order valence-electron chi connectivity index (χ3n) is 3.70. The summed E-state index contributed by atoms with van der Waals surface area (Å²) in [6.07, 6.45) is 7.62. The number of aromatic nitrogens is 2. The molecule has 1 fully saturated rings. The van der Waals surface area contributed by atoms with Gasteiger partial charge in [0, 0.05) is 45.1 Å². The van der Waals surface area contributed by atoms with Crippen LogP contribution in [-0.2, 0) is 9.53 Å². The van der Waals surface area contributed by atoms with Crippen LogP contribution in [0, 0.1) is 0 Å². The van der Waals surface area contributed by atoms with Crippen LogP contribution < -0.4 is 5.32 Å². The number of hydrogen-bond donors (Lipinski definition) is 1. The first-order chi connectivity index (χ1) is 11.2. The maximum absolute atomic E-state index is 12.6. The second kappa shape index (κ2) is 9.19. The molecule has 1 saturated heterocycles. The molecule has 1 aliphatic rings. The van der Waals surface area contributed by atoms with E-state index in [-0.39, 0.29) is 24.3 Å². The van der Waals surface area contributed by atoms with Crippen molar-refractivity contribution in [1.82, 2.24) is 20.2 Å². The average molecular weight is 320 g/mol. The quantitative estimate of drug-likeness (QED) is 0.773. The van der Waals surface area contributed by atoms with Crippen molar-refractivity contribution in [1.29, 1.82) is 0 Å². The van der Waals surface area contributed by atoms with E-state index in [0.717, 1.165) is 25.9 Å². The summed E-state index contributed by atoms with van der Waals surface area (Å²) in [5.74, 6) is -0.256. The second-order valence-electron chi connectivity index (χ2n) is 5.58. The van der Waals surface area contributed by atoms with Gasteiger partial charge in [0.15, 0.2) is 0 Å². The van der Waals surface area contributed by atoms with E-state index in [4.69, 9.17) is 4.74 Å². The summed E-state index contributed by atoms with van der Waals surface area (Å²) in [6, 6.07) is 0. The third kappa shape index (κ3) is 5.59. The molecule has 0 spiro atoms. The first kappa shape index (κ1) is 17.3. The summed E-state index contributed by atoms with van der Waals surface area (Å²) in [5.41, 5.74) is 0.291. The topological polar surface area (TPSA) is 84.4 Å². The van der Waals surface area contributed by atoms with Gasteiger partial charge < -0.3 is 15.0 Å². The van der Waals surface area contributed by atoms with Gasteiger partial charge in [0.2, 0.25) is 5.91 Å². The Hall–Kier alpha value is -2.02. The highest BCUT2D eigenvalue weighted by Gasteiger charge is 2.24. The highest BCUT2D eigenvalue weighted by Crippen LogP contribution is 2.14. The average Bonchev–Trinajstić information content (AvgIpc) is 3.10. The summed E-state index contributed by atoms with van der Waals surface area (Å²) in [7, 11) is 0. The van der Waals surface area contributed by atoms with Gasteiger partial charge in [0.1, 0.15) is 5.69 Å². The highest BCUT2D eigenvalue weighted by atomic mass is 16.5. The van der Waals surface area contributed by atoms with E-state index < -0.39 is 0 Å². The Labute approximate surface area is 136 Å². The number of ether oxygens (including phenoxy) is 1. The lowest BCUT2D eigenvalue weighted by atomic mass is 10.2. The fraction of sp³-hybridized carbons (Fsp3) is 0.625. The summed E-state index contributed by atoms with van der Waals surface area (Å²) >= 11 is 0. The maximum atomic E-state index is 12.6. The smallest absolute Gasteiger partial charge is 0.274 e. The Balaban J connectivity index is 1.96. The molecule has 0 radical (unpaired) electrons. The minimum Gasteiger partial charge on any atom is -0.376 e. The van der Waals surface area contributed by atoms with Gasteiger partial charge in [-0.25, -0.2) is 4.98 Å². The number of rotatable bonds is 8. The molecule has 0 saturated carbocycles. The minimum atomic E-state index is -0.211. The highest BCUT2D eigenvalue weighted by molar-refractivity contribution is 5.92. The lowest BCUT2D eigenvalue weighted by molar-refractivity contribution is -0.121. The van der Waals surface area contributed by atoms with Gasteiger partial charge in [-0.1, -0.05) is 6.92 Å². The van der Waals surface area contributed by atoms with Gasteiger partial charge in [0.25, 0.3) is 5.91 Å². The molecule has 0 aliphatic carbocycles. The molecule has 126 valence electrons. The fourth-order valence-corrected chi connectivity index (χ4v) is 2.47. The largest absolute Gasteiger partial charge is 0.376 e. The Kier molecular flexibility index (Phi) is 6.93. The number of carbonyl (C=O) groups excluding carboxylic acids is 2. The van der Waals surface area contributed by atoms with Crippen LogP contribution in [0.2, 0.25) is 0 Å². The molecule has 2 amide bonds. The Bertz CT molecular complexity index is 503. The maximum Gasteiger partial charge on any atom is 0.274 e. The first-order valence-corrected chi connectivity index (χ1v) is 8.14. The lowest BCUT2D eigenvalue weighted by Crippen LogP contribution is -2.40. The predicted octanol–water partition coefficient (Wildman–Crippen LogP) is 1.01. The van der Waals surface area contributed by atoms with Crippen molar-refractivity contribution in [2.24, 2.45) is 0 Å². The van der Waals surface area contributed by atoms with E-state index in [1.807, 2.05) is 6.92 Å². The summed E-state index contributed by atoms with van der Waals surface area (Å²) in [4.78, 5) is 34.0. The van der Waals surface area contributed by atoms with Crippen molar-refractivity contribution in [2.75, 3.05) is 26.2 Å². The number of carbonyl (C=O) groups is 2. The number of nitrogens with zero attached hydrogens (tertiary/aromatic N) is 3. The lowest BCUT2D eigenvalue weighted by Gasteiger charge is -2.25. The van der Waals surface area contributed by atoms with E-state index in [2.05, 4.69) is 15.3 Å². The second-order valence-corrected chi connectivity index (χ2v) is 5.58.